The Balaban J connectivity index is 1.53. The second-order valence-electron chi connectivity index (χ2n) is 10.0. The molecule has 2 fully saturated rings. The van der Waals surface area contributed by atoms with Crippen molar-refractivity contribution in [2.75, 3.05) is 27.3 Å². The number of benzene rings is 2. The molecule has 2 aromatic carbocycles. The molecule has 2 aromatic heterocycles. The van der Waals surface area contributed by atoms with Gasteiger partial charge in [0.15, 0.2) is 5.82 Å². The van der Waals surface area contributed by atoms with Gasteiger partial charge in [-0.3, -0.25) is 4.79 Å². The molecule has 1 amide bonds. The van der Waals surface area contributed by atoms with Crippen LogP contribution in [0.5, 0.6) is 5.75 Å². The molecular formula is C28H30N4O4. The third-order valence-electron chi connectivity index (χ3n) is 7.66. The molecule has 0 unspecified atom stereocenters. The first kappa shape index (κ1) is 22.6. The fourth-order valence-electron chi connectivity index (χ4n) is 5.48. The lowest BCUT2D eigenvalue weighted by atomic mass is 9.90. The first-order chi connectivity index (χ1) is 17.4. The van der Waals surface area contributed by atoms with Crippen LogP contribution in [0.2, 0.25) is 0 Å². The van der Waals surface area contributed by atoms with Gasteiger partial charge in [-0.1, -0.05) is 18.2 Å². The zero-order valence-electron chi connectivity index (χ0n) is 21.1. The zero-order chi connectivity index (χ0) is 25.1. The normalized spacial score (nSPS) is 15.9. The van der Waals surface area contributed by atoms with Crippen molar-refractivity contribution in [1.82, 2.24) is 19.0 Å². The van der Waals surface area contributed by atoms with E-state index in [-0.39, 0.29) is 5.91 Å². The molecule has 36 heavy (non-hydrogen) atoms. The number of hydrogen-bond donors (Lipinski definition) is 0. The van der Waals surface area contributed by atoms with Crippen LogP contribution < -0.4 is 4.74 Å². The number of fused-ring (bicyclic) bond motifs is 2. The fourth-order valence-corrected chi connectivity index (χ4v) is 5.48. The summed E-state index contributed by atoms with van der Waals surface area (Å²) in [4.78, 5) is 30.9. The van der Waals surface area contributed by atoms with Crippen LogP contribution in [0.3, 0.4) is 0 Å². The van der Waals surface area contributed by atoms with E-state index >= 15 is 0 Å². The number of rotatable bonds is 6. The molecule has 0 spiro atoms. The number of amides is 1. The Kier molecular flexibility index (Phi) is 5.28. The second-order valence-corrected chi connectivity index (χ2v) is 10.0. The zero-order valence-corrected chi connectivity index (χ0v) is 21.1. The van der Waals surface area contributed by atoms with E-state index in [1.54, 1.807) is 26.2 Å². The quantitative estimate of drug-likeness (QED) is 0.379. The minimum atomic E-state index is -0.421. The van der Waals surface area contributed by atoms with E-state index in [2.05, 4.69) is 28.8 Å². The first-order valence-electron chi connectivity index (χ1n) is 12.4. The van der Waals surface area contributed by atoms with Gasteiger partial charge in [-0.25, -0.2) is 9.78 Å². The maximum atomic E-state index is 12.2. The van der Waals surface area contributed by atoms with E-state index in [9.17, 15) is 9.59 Å². The number of para-hydroxylation sites is 1. The molecule has 8 nitrogen and oxygen atoms in total. The number of likely N-dealkylation sites (tertiary alicyclic amines) is 1. The third-order valence-corrected chi connectivity index (χ3v) is 7.66. The number of carbonyl (C=O) groups excluding carboxylic acids is 2. The molecule has 1 aliphatic heterocycles. The van der Waals surface area contributed by atoms with Crippen molar-refractivity contribution >= 4 is 33.8 Å². The monoisotopic (exact) mass is 486 g/mol. The predicted molar refractivity (Wildman–Crippen MR) is 137 cm³/mol. The maximum absolute atomic E-state index is 12.2. The highest BCUT2D eigenvalue weighted by atomic mass is 16.5. The number of esters is 1. The van der Waals surface area contributed by atoms with E-state index in [4.69, 9.17) is 14.5 Å². The average molecular weight is 487 g/mol. The summed E-state index contributed by atoms with van der Waals surface area (Å²) in [6.45, 7) is 4.10. The van der Waals surface area contributed by atoms with E-state index in [0.717, 1.165) is 36.7 Å². The lowest BCUT2D eigenvalue weighted by Gasteiger charge is -2.39. The van der Waals surface area contributed by atoms with Crippen LogP contribution in [0.15, 0.2) is 36.4 Å². The van der Waals surface area contributed by atoms with Gasteiger partial charge in [-0.05, 0) is 42.5 Å². The Morgan fingerprint density at radius 2 is 1.86 bits per heavy atom. The SMILES string of the molecule is COC(=O)c1cc(OC)c2c(c1)nc(-c1cc3cccc(C4CN(C(C)=O)C4)c3n1CC1CC1)n2C. The van der Waals surface area contributed by atoms with E-state index in [0.29, 0.717) is 28.7 Å². The summed E-state index contributed by atoms with van der Waals surface area (Å²) in [6.07, 6.45) is 2.48. The molecule has 6 rings (SSSR count). The Bertz CT molecular complexity index is 1520. The molecule has 1 saturated carbocycles. The lowest BCUT2D eigenvalue weighted by molar-refractivity contribution is -0.133. The molecule has 8 heteroatoms. The highest BCUT2D eigenvalue weighted by Crippen LogP contribution is 2.41. The van der Waals surface area contributed by atoms with Crippen molar-refractivity contribution < 1.29 is 19.1 Å². The fraction of sp³-hybridized carbons (Fsp3) is 0.393. The van der Waals surface area contributed by atoms with Gasteiger partial charge in [-0.15, -0.1) is 0 Å². The van der Waals surface area contributed by atoms with Gasteiger partial charge in [0.1, 0.15) is 11.3 Å². The molecule has 0 atom stereocenters. The van der Waals surface area contributed by atoms with Crippen molar-refractivity contribution in [3.05, 3.63) is 47.5 Å². The highest BCUT2D eigenvalue weighted by Gasteiger charge is 2.33. The first-order valence-corrected chi connectivity index (χ1v) is 12.4. The van der Waals surface area contributed by atoms with Gasteiger partial charge in [-0.2, -0.15) is 0 Å². The van der Waals surface area contributed by atoms with Crippen molar-refractivity contribution in [3.63, 3.8) is 0 Å². The summed E-state index contributed by atoms with van der Waals surface area (Å²) < 4.78 is 15.1. The Morgan fingerprint density at radius 1 is 1.08 bits per heavy atom. The van der Waals surface area contributed by atoms with Crippen molar-refractivity contribution in [2.24, 2.45) is 13.0 Å². The molecule has 0 bridgehead atoms. The molecule has 4 aromatic rings. The lowest BCUT2D eigenvalue weighted by Crippen LogP contribution is -2.47. The van der Waals surface area contributed by atoms with Crippen LogP contribution in [-0.2, 0) is 23.1 Å². The number of carbonyl (C=O) groups is 2. The molecule has 1 aliphatic carbocycles. The number of ether oxygens (including phenoxy) is 2. The van der Waals surface area contributed by atoms with Crippen molar-refractivity contribution in [2.45, 2.75) is 32.2 Å². The van der Waals surface area contributed by atoms with E-state index in [1.807, 2.05) is 16.5 Å². The number of aryl methyl sites for hydroxylation is 1. The molecule has 3 heterocycles. The van der Waals surface area contributed by atoms with Crippen LogP contribution >= 0.6 is 0 Å². The number of hydrogen-bond acceptors (Lipinski definition) is 5. The number of imidazole rings is 1. The minimum Gasteiger partial charge on any atom is -0.494 e. The summed E-state index contributed by atoms with van der Waals surface area (Å²) >= 11 is 0. The number of methoxy groups -OCH3 is 2. The van der Waals surface area contributed by atoms with Gasteiger partial charge in [0.05, 0.1) is 36.5 Å². The maximum Gasteiger partial charge on any atom is 0.338 e. The minimum absolute atomic E-state index is 0.132. The van der Waals surface area contributed by atoms with Crippen LogP contribution in [0.25, 0.3) is 33.5 Å². The Morgan fingerprint density at radius 3 is 2.53 bits per heavy atom. The summed E-state index contributed by atoms with van der Waals surface area (Å²) in [5.41, 5.74) is 5.51. The summed E-state index contributed by atoms with van der Waals surface area (Å²) in [6, 6.07) is 12.2. The third kappa shape index (κ3) is 3.54. The standard InChI is InChI=1S/C28H30N4O4/c1-16(33)31-14-20(15-31)21-7-5-6-18-11-23(32(25(18)21)13-17-8-9-17)27-29-22-10-19(28(34)36-4)12-24(35-3)26(22)30(27)2/h5-7,10-12,17,20H,8-9,13-15H2,1-4H3. The van der Waals surface area contributed by atoms with Crippen LogP contribution in [0, 0.1) is 5.92 Å². The summed E-state index contributed by atoms with van der Waals surface area (Å²) in [7, 11) is 4.96. The number of nitrogens with zero attached hydrogens (tertiary/aromatic N) is 4. The Labute approximate surface area is 209 Å². The van der Waals surface area contributed by atoms with Crippen molar-refractivity contribution in [1.29, 1.82) is 0 Å². The smallest absolute Gasteiger partial charge is 0.338 e. The largest absolute Gasteiger partial charge is 0.494 e. The van der Waals surface area contributed by atoms with Gasteiger partial charge < -0.3 is 23.5 Å². The molecule has 0 N–H and O–H groups in total. The van der Waals surface area contributed by atoms with Gasteiger partial charge in [0, 0.05) is 44.9 Å². The van der Waals surface area contributed by atoms with Gasteiger partial charge >= 0.3 is 5.97 Å². The van der Waals surface area contributed by atoms with Crippen LogP contribution in [0.4, 0.5) is 0 Å². The van der Waals surface area contributed by atoms with Crippen molar-refractivity contribution in [3.8, 4) is 17.3 Å². The summed E-state index contributed by atoms with van der Waals surface area (Å²) in [5, 5.41) is 1.18. The molecule has 186 valence electrons. The van der Waals surface area contributed by atoms with E-state index in [1.165, 1.54) is 36.4 Å². The van der Waals surface area contributed by atoms with Gasteiger partial charge in [0.25, 0.3) is 0 Å². The molecular weight excluding hydrogens is 456 g/mol. The molecule has 0 radical (unpaired) electrons. The second kappa shape index (κ2) is 8.40. The predicted octanol–water partition coefficient (Wildman–Crippen LogP) is 4.35. The molecule has 2 aliphatic rings. The van der Waals surface area contributed by atoms with Crippen LogP contribution in [-0.4, -0.2) is 58.2 Å². The number of aromatic nitrogens is 3. The molecule has 1 saturated heterocycles. The van der Waals surface area contributed by atoms with Gasteiger partial charge in [0.2, 0.25) is 5.91 Å². The highest BCUT2D eigenvalue weighted by molar-refractivity contribution is 5.98. The average Bonchev–Trinajstić information content (AvgIpc) is 3.50. The van der Waals surface area contributed by atoms with E-state index < -0.39 is 5.97 Å². The van der Waals surface area contributed by atoms with Crippen LogP contribution in [0.1, 0.15) is 41.6 Å². The summed E-state index contributed by atoms with van der Waals surface area (Å²) in [5.74, 6) is 2.12. The Hall–Kier alpha value is -3.81. The topological polar surface area (TPSA) is 78.6 Å².